The number of nitrogens with one attached hydrogen (secondary N) is 2. The van der Waals surface area contributed by atoms with E-state index in [1.807, 2.05) is 67.5 Å². The van der Waals surface area contributed by atoms with Crippen LogP contribution in [0.5, 0.6) is 5.75 Å². The number of carbonyl (C=O) groups excluding carboxylic acids is 1. The van der Waals surface area contributed by atoms with Gasteiger partial charge in [0.2, 0.25) is 0 Å². The summed E-state index contributed by atoms with van der Waals surface area (Å²) in [5, 5.41) is 5.98. The first-order chi connectivity index (χ1) is 13.1. The second-order valence-corrected chi connectivity index (χ2v) is 6.01. The van der Waals surface area contributed by atoms with Crippen molar-refractivity contribution in [3.63, 3.8) is 0 Å². The largest absolute Gasteiger partial charge is 0.495 e. The van der Waals surface area contributed by atoms with E-state index in [2.05, 4.69) is 20.6 Å². The van der Waals surface area contributed by atoms with Gasteiger partial charge in [0.05, 0.1) is 12.8 Å². The summed E-state index contributed by atoms with van der Waals surface area (Å²) in [5.41, 5.74) is 2.77. The maximum absolute atomic E-state index is 12.5. The number of para-hydroxylation sites is 2. The van der Waals surface area contributed by atoms with E-state index in [0.717, 1.165) is 11.4 Å². The van der Waals surface area contributed by atoms with Crippen molar-refractivity contribution in [2.45, 2.75) is 0 Å². The number of anilines is 4. The number of amides is 1. The molecule has 0 bridgehead atoms. The van der Waals surface area contributed by atoms with Gasteiger partial charge in [-0.05, 0) is 36.4 Å². The molecule has 138 valence electrons. The number of aromatic nitrogens is 2. The smallest absolute Gasteiger partial charge is 0.274 e. The first kappa shape index (κ1) is 18.2. The highest BCUT2D eigenvalue weighted by Crippen LogP contribution is 2.26. The van der Waals surface area contributed by atoms with Crippen molar-refractivity contribution < 1.29 is 9.53 Å². The van der Waals surface area contributed by atoms with Gasteiger partial charge in [0.25, 0.3) is 5.91 Å². The second-order valence-electron chi connectivity index (χ2n) is 6.01. The van der Waals surface area contributed by atoms with Gasteiger partial charge in [-0.1, -0.05) is 12.1 Å². The third-order valence-corrected chi connectivity index (χ3v) is 3.91. The molecule has 7 heteroatoms. The van der Waals surface area contributed by atoms with Crippen LogP contribution in [0, 0.1) is 0 Å². The van der Waals surface area contributed by atoms with Crippen molar-refractivity contribution in [3.8, 4) is 5.75 Å². The van der Waals surface area contributed by atoms with Gasteiger partial charge in [-0.15, -0.1) is 0 Å². The van der Waals surface area contributed by atoms with Crippen molar-refractivity contribution >= 4 is 28.8 Å². The minimum absolute atomic E-state index is 0.263. The lowest BCUT2D eigenvalue weighted by Gasteiger charge is -2.13. The molecule has 27 heavy (non-hydrogen) atoms. The van der Waals surface area contributed by atoms with Gasteiger partial charge in [-0.2, -0.15) is 0 Å². The fourth-order valence-electron chi connectivity index (χ4n) is 2.47. The van der Waals surface area contributed by atoms with Crippen molar-refractivity contribution in [2.75, 3.05) is 36.7 Å². The van der Waals surface area contributed by atoms with Crippen molar-refractivity contribution in [1.82, 2.24) is 9.97 Å². The Morgan fingerprint density at radius 1 is 1.04 bits per heavy atom. The summed E-state index contributed by atoms with van der Waals surface area (Å²) in [6.07, 6.45) is 1.35. The molecule has 1 aromatic heterocycles. The van der Waals surface area contributed by atoms with Gasteiger partial charge in [0, 0.05) is 31.5 Å². The third-order valence-electron chi connectivity index (χ3n) is 3.91. The standard InChI is InChI=1S/C20H21N5O2/c1-25(2)15-10-8-14(9-11-15)23-20(26)17-12-19(22-13-21-17)24-16-6-4-5-7-18(16)27-3/h4-13H,1-3H3,(H,23,26)(H,21,22,24). The molecule has 3 aromatic rings. The zero-order valence-corrected chi connectivity index (χ0v) is 15.4. The first-order valence-corrected chi connectivity index (χ1v) is 8.37. The zero-order valence-electron chi connectivity index (χ0n) is 15.4. The van der Waals surface area contributed by atoms with Crippen molar-refractivity contribution in [2.24, 2.45) is 0 Å². The molecule has 2 N–H and O–H groups in total. The lowest BCUT2D eigenvalue weighted by Crippen LogP contribution is -2.14. The number of benzene rings is 2. The lowest BCUT2D eigenvalue weighted by atomic mass is 10.2. The number of carbonyl (C=O) groups is 1. The zero-order chi connectivity index (χ0) is 19.2. The monoisotopic (exact) mass is 363 g/mol. The van der Waals surface area contributed by atoms with E-state index in [0.29, 0.717) is 17.3 Å². The minimum atomic E-state index is -0.307. The highest BCUT2D eigenvalue weighted by Gasteiger charge is 2.11. The predicted octanol–water partition coefficient (Wildman–Crippen LogP) is 3.55. The van der Waals surface area contributed by atoms with E-state index in [1.165, 1.54) is 6.33 Å². The normalized spacial score (nSPS) is 10.2. The van der Waals surface area contributed by atoms with Gasteiger partial charge >= 0.3 is 0 Å². The van der Waals surface area contributed by atoms with Crippen LogP contribution in [0.1, 0.15) is 10.5 Å². The topological polar surface area (TPSA) is 79.4 Å². The van der Waals surface area contributed by atoms with Crippen molar-refractivity contribution in [3.05, 3.63) is 66.6 Å². The number of hydrogen-bond acceptors (Lipinski definition) is 6. The Bertz CT molecular complexity index is 926. The average Bonchev–Trinajstić information content (AvgIpc) is 2.69. The van der Waals surface area contributed by atoms with Crippen LogP contribution in [0.4, 0.5) is 22.9 Å². The summed E-state index contributed by atoms with van der Waals surface area (Å²) in [7, 11) is 5.52. The molecule has 0 aliphatic heterocycles. The Balaban J connectivity index is 1.73. The quantitative estimate of drug-likeness (QED) is 0.697. The molecule has 0 radical (unpaired) electrons. The van der Waals surface area contributed by atoms with Crippen LogP contribution in [0.15, 0.2) is 60.9 Å². The molecule has 2 aromatic carbocycles. The van der Waals surface area contributed by atoms with Crippen LogP contribution in [0.25, 0.3) is 0 Å². The molecule has 1 amide bonds. The van der Waals surface area contributed by atoms with Crippen LogP contribution in [-0.4, -0.2) is 37.1 Å². The van der Waals surface area contributed by atoms with Crippen LogP contribution in [0.2, 0.25) is 0 Å². The van der Waals surface area contributed by atoms with Gasteiger partial charge in [-0.3, -0.25) is 4.79 Å². The summed E-state index contributed by atoms with van der Waals surface area (Å²) in [6, 6.07) is 16.6. The molecule has 0 spiro atoms. The van der Waals surface area contributed by atoms with Gasteiger partial charge < -0.3 is 20.3 Å². The Labute approximate surface area is 158 Å². The number of ether oxygens (including phenoxy) is 1. The van der Waals surface area contributed by atoms with Crippen molar-refractivity contribution in [1.29, 1.82) is 0 Å². The average molecular weight is 363 g/mol. The Kier molecular flexibility index (Phi) is 5.51. The van der Waals surface area contributed by atoms with Gasteiger partial charge in [-0.25, -0.2) is 9.97 Å². The Hall–Kier alpha value is -3.61. The maximum atomic E-state index is 12.5. The molecule has 0 saturated carbocycles. The highest BCUT2D eigenvalue weighted by atomic mass is 16.5. The van der Waals surface area contributed by atoms with Crippen LogP contribution in [0.3, 0.4) is 0 Å². The summed E-state index contributed by atoms with van der Waals surface area (Å²) < 4.78 is 5.31. The number of methoxy groups -OCH3 is 1. The fraction of sp³-hybridized carbons (Fsp3) is 0.150. The van der Waals surface area contributed by atoms with Crippen LogP contribution < -0.4 is 20.3 Å². The molecule has 0 aliphatic carbocycles. The van der Waals surface area contributed by atoms with Crippen LogP contribution >= 0.6 is 0 Å². The molecular weight excluding hydrogens is 342 g/mol. The molecular formula is C20H21N5O2. The van der Waals surface area contributed by atoms with E-state index < -0.39 is 0 Å². The molecule has 7 nitrogen and oxygen atoms in total. The molecule has 0 saturated heterocycles. The second kappa shape index (κ2) is 8.18. The Morgan fingerprint density at radius 3 is 2.48 bits per heavy atom. The SMILES string of the molecule is COc1ccccc1Nc1cc(C(=O)Nc2ccc(N(C)C)cc2)ncn1. The summed E-state index contributed by atoms with van der Waals surface area (Å²) in [6.45, 7) is 0. The van der Waals surface area contributed by atoms with Gasteiger partial charge in [0.1, 0.15) is 23.6 Å². The summed E-state index contributed by atoms with van der Waals surface area (Å²) in [5.74, 6) is 0.879. The molecule has 0 unspecified atom stereocenters. The molecule has 3 rings (SSSR count). The predicted molar refractivity (Wildman–Crippen MR) is 107 cm³/mol. The third kappa shape index (κ3) is 4.52. The maximum Gasteiger partial charge on any atom is 0.274 e. The lowest BCUT2D eigenvalue weighted by molar-refractivity contribution is 0.102. The van der Waals surface area contributed by atoms with E-state index >= 15 is 0 Å². The number of hydrogen-bond donors (Lipinski definition) is 2. The molecule has 0 fully saturated rings. The Morgan fingerprint density at radius 2 is 1.78 bits per heavy atom. The van der Waals surface area contributed by atoms with E-state index in [1.54, 1.807) is 13.2 Å². The summed E-state index contributed by atoms with van der Waals surface area (Å²) >= 11 is 0. The first-order valence-electron chi connectivity index (χ1n) is 8.37. The molecule has 0 aliphatic rings. The van der Waals surface area contributed by atoms with E-state index in [9.17, 15) is 4.79 Å². The van der Waals surface area contributed by atoms with E-state index in [-0.39, 0.29) is 11.6 Å². The highest BCUT2D eigenvalue weighted by molar-refractivity contribution is 6.03. The van der Waals surface area contributed by atoms with Crippen LogP contribution in [-0.2, 0) is 0 Å². The van der Waals surface area contributed by atoms with Gasteiger partial charge in [0.15, 0.2) is 0 Å². The molecule has 1 heterocycles. The fourth-order valence-corrected chi connectivity index (χ4v) is 2.47. The number of rotatable bonds is 6. The molecule has 0 atom stereocenters. The minimum Gasteiger partial charge on any atom is -0.495 e. The summed E-state index contributed by atoms with van der Waals surface area (Å²) in [4.78, 5) is 22.7. The number of nitrogens with zero attached hydrogens (tertiary/aromatic N) is 3. The van der Waals surface area contributed by atoms with E-state index in [4.69, 9.17) is 4.74 Å².